The van der Waals surface area contributed by atoms with Crippen LogP contribution in [0, 0.1) is 6.92 Å². The molecule has 0 fully saturated rings. The highest BCUT2D eigenvalue weighted by Crippen LogP contribution is 2.27. The number of benzene rings is 1. The molecule has 1 amide bonds. The lowest BCUT2D eigenvalue weighted by atomic mass is 9.97. The van der Waals surface area contributed by atoms with E-state index in [0.29, 0.717) is 11.6 Å². The van der Waals surface area contributed by atoms with E-state index in [-0.39, 0.29) is 5.91 Å². The number of nitrogens with one attached hydrogen (secondary N) is 1. The minimum atomic E-state index is -0.128. The van der Waals surface area contributed by atoms with Crippen molar-refractivity contribution in [1.82, 2.24) is 9.38 Å². The van der Waals surface area contributed by atoms with Crippen LogP contribution >= 0.6 is 0 Å². The average Bonchev–Trinajstić information content (AvgIpc) is 2.90. The normalized spacial score (nSPS) is 12.3. The highest BCUT2D eigenvalue weighted by atomic mass is 16.2. The molecule has 0 aliphatic rings. The first-order chi connectivity index (χ1) is 11.1. The van der Waals surface area contributed by atoms with Gasteiger partial charge in [0.2, 0.25) is 0 Å². The van der Waals surface area contributed by atoms with Crippen molar-refractivity contribution in [2.24, 2.45) is 0 Å². The number of carbonyl (C=O) groups is 1. The lowest BCUT2D eigenvalue weighted by molar-refractivity contribution is 0.102. The van der Waals surface area contributed by atoms with Crippen molar-refractivity contribution in [3.05, 3.63) is 65.6 Å². The molecule has 23 heavy (non-hydrogen) atoms. The van der Waals surface area contributed by atoms with E-state index in [1.165, 1.54) is 0 Å². The fourth-order valence-electron chi connectivity index (χ4n) is 2.83. The highest BCUT2D eigenvalue weighted by Gasteiger charge is 2.18. The number of nitrogens with zero attached hydrogens (tertiary/aromatic N) is 2. The summed E-state index contributed by atoms with van der Waals surface area (Å²) in [4.78, 5) is 17.3. The first-order valence-corrected chi connectivity index (χ1v) is 7.95. The molecule has 1 aromatic carbocycles. The van der Waals surface area contributed by atoms with Crippen LogP contribution in [0.4, 0.5) is 5.69 Å². The summed E-state index contributed by atoms with van der Waals surface area (Å²) in [5.74, 6) is 0.270. The first kappa shape index (κ1) is 15.3. The second kappa shape index (κ2) is 6.24. The fourth-order valence-corrected chi connectivity index (χ4v) is 2.83. The summed E-state index contributed by atoms with van der Waals surface area (Å²) in [6.45, 7) is 6.19. The van der Waals surface area contributed by atoms with Crippen LogP contribution in [0.3, 0.4) is 0 Å². The molecular weight excluding hydrogens is 286 g/mol. The van der Waals surface area contributed by atoms with E-state index in [9.17, 15) is 4.79 Å². The summed E-state index contributed by atoms with van der Waals surface area (Å²) in [5.41, 5.74) is 4.13. The van der Waals surface area contributed by atoms with Crippen molar-refractivity contribution in [2.45, 2.75) is 33.1 Å². The Morgan fingerprint density at radius 3 is 2.74 bits per heavy atom. The van der Waals surface area contributed by atoms with E-state index in [4.69, 9.17) is 0 Å². The molecule has 0 bridgehead atoms. The Bertz CT molecular complexity index is 851. The molecule has 0 aliphatic carbocycles. The number of hydrogen-bond donors (Lipinski definition) is 1. The minimum absolute atomic E-state index is 0.128. The topological polar surface area (TPSA) is 46.4 Å². The van der Waals surface area contributed by atoms with Crippen LogP contribution in [0.25, 0.3) is 5.65 Å². The Morgan fingerprint density at radius 2 is 1.96 bits per heavy atom. The zero-order chi connectivity index (χ0) is 16.4. The van der Waals surface area contributed by atoms with Crippen LogP contribution in [0.15, 0.2) is 48.7 Å². The van der Waals surface area contributed by atoms with Gasteiger partial charge in [-0.3, -0.25) is 9.20 Å². The molecule has 0 saturated carbocycles. The van der Waals surface area contributed by atoms with Gasteiger partial charge in [-0.25, -0.2) is 4.98 Å². The number of anilines is 1. The van der Waals surface area contributed by atoms with Gasteiger partial charge < -0.3 is 5.32 Å². The minimum Gasteiger partial charge on any atom is -0.320 e. The summed E-state index contributed by atoms with van der Waals surface area (Å²) in [5, 5.41) is 3.06. The van der Waals surface area contributed by atoms with Crippen molar-refractivity contribution in [3.8, 4) is 0 Å². The highest BCUT2D eigenvalue weighted by molar-refractivity contribution is 6.04. The van der Waals surface area contributed by atoms with E-state index in [1.54, 1.807) is 0 Å². The van der Waals surface area contributed by atoms with Crippen LogP contribution in [-0.2, 0) is 0 Å². The Labute approximate surface area is 136 Å². The van der Waals surface area contributed by atoms with E-state index in [1.807, 2.05) is 53.9 Å². The molecule has 3 rings (SSSR count). The van der Waals surface area contributed by atoms with E-state index >= 15 is 0 Å². The van der Waals surface area contributed by atoms with Crippen molar-refractivity contribution in [3.63, 3.8) is 0 Å². The number of hydrogen-bond acceptors (Lipinski definition) is 2. The molecule has 0 radical (unpaired) electrons. The molecule has 2 heterocycles. The van der Waals surface area contributed by atoms with E-state index in [0.717, 1.165) is 29.0 Å². The molecule has 2 aromatic heterocycles. The van der Waals surface area contributed by atoms with Crippen molar-refractivity contribution < 1.29 is 4.79 Å². The average molecular weight is 307 g/mol. The predicted molar refractivity (Wildman–Crippen MR) is 93.0 cm³/mol. The van der Waals surface area contributed by atoms with Crippen LogP contribution in [0.2, 0.25) is 0 Å². The molecule has 1 unspecified atom stereocenters. The molecule has 1 N–H and O–H groups in total. The number of fused-ring (bicyclic) bond motifs is 1. The molecular formula is C19H21N3O. The maximum absolute atomic E-state index is 12.8. The zero-order valence-electron chi connectivity index (χ0n) is 13.7. The van der Waals surface area contributed by atoms with Gasteiger partial charge in [0.25, 0.3) is 5.91 Å². The SMILES string of the molecule is CCC(C)c1ccccc1NC(=O)c1c(C)nc2ccccn12. The monoisotopic (exact) mass is 307 g/mol. The van der Waals surface area contributed by atoms with Gasteiger partial charge in [0.15, 0.2) is 0 Å². The third-order valence-electron chi connectivity index (χ3n) is 4.27. The van der Waals surface area contributed by atoms with Crippen molar-refractivity contribution in [2.75, 3.05) is 5.32 Å². The quantitative estimate of drug-likeness (QED) is 0.776. The van der Waals surface area contributed by atoms with Gasteiger partial charge in [0, 0.05) is 11.9 Å². The van der Waals surface area contributed by atoms with E-state index in [2.05, 4.69) is 30.2 Å². The Morgan fingerprint density at radius 1 is 1.22 bits per heavy atom. The largest absolute Gasteiger partial charge is 0.320 e. The number of pyridine rings is 1. The van der Waals surface area contributed by atoms with Gasteiger partial charge in [0.05, 0.1) is 5.69 Å². The number of rotatable bonds is 4. The Balaban J connectivity index is 1.98. The van der Waals surface area contributed by atoms with Gasteiger partial charge in [-0.15, -0.1) is 0 Å². The van der Waals surface area contributed by atoms with Crippen LogP contribution in [0.1, 0.15) is 47.9 Å². The molecule has 1 atom stereocenters. The molecule has 4 nitrogen and oxygen atoms in total. The van der Waals surface area contributed by atoms with Gasteiger partial charge in [-0.2, -0.15) is 0 Å². The molecule has 118 valence electrons. The lowest BCUT2D eigenvalue weighted by Crippen LogP contribution is -2.17. The molecule has 0 saturated heterocycles. The third kappa shape index (κ3) is 2.84. The number of aromatic nitrogens is 2. The van der Waals surface area contributed by atoms with Gasteiger partial charge >= 0.3 is 0 Å². The summed E-state index contributed by atoms with van der Waals surface area (Å²) >= 11 is 0. The number of imidazole rings is 1. The summed E-state index contributed by atoms with van der Waals surface area (Å²) in [6, 6.07) is 13.7. The number of aryl methyl sites for hydroxylation is 1. The maximum atomic E-state index is 12.8. The molecule has 4 heteroatoms. The third-order valence-corrected chi connectivity index (χ3v) is 4.27. The van der Waals surface area contributed by atoms with E-state index < -0.39 is 0 Å². The molecule has 3 aromatic rings. The van der Waals surface area contributed by atoms with Crippen LogP contribution in [0.5, 0.6) is 0 Å². The molecule has 0 spiro atoms. The summed E-state index contributed by atoms with van der Waals surface area (Å²) < 4.78 is 1.83. The van der Waals surface area contributed by atoms with Crippen molar-refractivity contribution >= 4 is 17.2 Å². The second-order valence-electron chi connectivity index (χ2n) is 5.83. The Kier molecular flexibility index (Phi) is 4.15. The van der Waals surface area contributed by atoms with Crippen LogP contribution < -0.4 is 5.32 Å². The molecule has 0 aliphatic heterocycles. The summed E-state index contributed by atoms with van der Waals surface area (Å²) in [7, 11) is 0. The van der Waals surface area contributed by atoms with Crippen LogP contribution in [-0.4, -0.2) is 15.3 Å². The number of para-hydroxylation sites is 1. The fraction of sp³-hybridized carbons (Fsp3) is 0.263. The second-order valence-corrected chi connectivity index (χ2v) is 5.83. The zero-order valence-corrected chi connectivity index (χ0v) is 13.7. The van der Waals surface area contributed by atoms with Gasteiger partial charge in [-0.05, 0) is 43.0 Å². The standard InChI is InChI=1S/C19H21N3O/c1-4-13(2)15-9-5-6-10-16(15)21-19(23)18-14(3)20-17-11-7-8-12-22(17)18/h5-13H,4H2,1-3H3,(H,21,23). The Hall–Kier alpha value is -2.62. The van der Waals surface area contributed by atoms with Crippen molar-refractivity contribution in [1.29, 1.82) is 0 Å². The summed E-state index contributed by atoms with van der Waals surface area (Å²) in [6.07, 6.45) is 2.90. The first-order valence-electron chi connectivity index (χ1n) is 7.95. The smallest absolute Gasteiger partial charge is 0.274 e. The maximum Gasteiger partial charge on any atom is 0.274 e. The van der Waals surface area contributed by atoms with Gasteiger partial charge in [-0.1, -0.05) is 38.1 Å². The lowest BCUT2D eigenvalue weighted by Gasteiger charge is -2.15. The number of carbonyl (C=O) groups excluding carboxylic acids is 1. The predicted octanol–water partition coefficient (Wildman–Crippen LogP) is 4.41. The number of amides is 1. The van der Waals surface area contributed by atoms with Gasteiger partial charge in [0.1, 0.15) is 11.3 Å².